The summed E-state index contributed by atoms with van der Waals surface area (Å²) in [6.07, 6.45) is 0. The van der Waals surface area contributed by atoms with Crippen LogP contribution in [0, 0.1) is 5.92 Å². The van der Waals surface area contributed by atoms with Crippen molar-refractivity contribution < 1.29 is 0 Å². The first kappa shape index (κ1) is 10.6. The molecule has 0 aliphatic rings. The Morgan fingerprint density at radius 3 is 2.46 bits per heavy atom. The lowest BCUT2D eigenvalue weighted by Crippen LogP contribution is -2.19. The van der Waals surface area contributed by atoms with E-state index in [9.17, 15) is 0 Å². The molecule has 2 heteroatoms. The third-order valence-electron chi connectivity index (χ3n) is 2.14. The predicted molar refractivity (Wildman–Crippen MR) is 58.1 cm³/mol. The molecule has 0 aromatic heterocycles. The lowest BCUT2D eigenvalue weighted by molar-refractivity contribution is 0.527. The number of nitrogens with one attached hydrogen (secondary N) is 1. The van der Waals surface area contributed by atoms with E-state index in [1.165, 1.54) is 5.56 Å². The minimum absolute atomic E-state index is 0.105. The molecule has 0 heterocycles. The summed E-state index contributed by atoms with van der Waals surface area (Å²) < 4.78 is 0. The molecule has 0 fully saturated rings. The maximum atomic E-state index is 6.30. The molecule has 72 valence electrons. The fourth-order valence-corrected chi connectivity index (χ4v) is 1.63. The molecule has 0 saturated carbocycles. The number of benzene rings is 1. The SMILES string of the molecule is CNCC(C)C(Cl)c1ccccc1. The average Bonchev–Trinajstić information content (AvgIpc) is 2.18. The third kappa shape index (κ3) is 3.02. The van der Waals surface area contributed by atoms with E-state index in [1.807, 2.05) is 25.2 Å². The highest BCUT2D eigenvalue weighted by Crippen LogP contribution is 2.27. The van der Waals surface area contributed by atoms with Gasteiger partial charge in [-0.15, -0.1) is 11.6 Å². The van der Waals surface area contributed by atoms with Gasteiger partial charge in [0, 0.05) is 0 Å². The fraction of sp³-hybridized carbons (Fsp3) is 0.455. The number of hydrogen-bond acceptors (Lipinski definition) is 1. The smallest absolute Gasteiger partial charge is 0.0622 e. The van der Waals surface area contributed by atoms with Gasteiger partial charge >= 0.3 is 0 Å². The molecule has 0 spiro atoms. The van der Waals surface area contributed by atoms with Crippen LogP contribution >= 0.6 is 11.6 Å². The second kappa shape index (κ2) is 5.25. The molecule has 1 aromatic rings. The van der Waals surface area contributed by atoms with Crippen molar-refractivity contribution in [3.8, 4) is 0 Å². The maximum absolute atomic E-state index is 6.30. The van der Waals surface area contributed by atoms with Gasteiger partial charge in [0.05, 0.1) is 5.38 Å². The van der Waals surface area contributed by atoms with Crippen LogP contribution in [0.5, 0.6) is 0 Å². The molecule has 2 atom stereocenters. The van der Waals surface area contributed by atoms with Crippen molar-refractivity contribution in [3.05, 3.63) is 35.9 Å². The molecule has 0 bridgehead atoms. The molecule has 1 nitrogen and oxygen atoms in total. The van der Waals surface area contributed by atoms with E-state index < -0.39 is 0 Å². The Morgan fingerprint density at radius 2 is 1.92 bits per heavy atom. The highest BCUT2D eigenvalue weighted by molar-refractivity contribution is 6.21. The molecular weight excluding hydrogens is 182 g/mol. The summed E-state index contributed by atoms with van der Waals surface area (Å²) in [6.45, 7) is 3.10. The monoisotopic (exact) mass is 197 g/mol. The quantitative estimate of drug-likeness (QED) is 0.733. The van der Waals surface area contributed by atoms with Gasteiger partial charge in [-0.05, 0) is 25.1 Å². The summed E-state index contributed by atoms with van der Waals surface area (Å²) in [6, 6.07) is 10.2. The molecule has 1 N–H and O–H groups in total. The van der Waals surface area contributed by atoms with E-state index in [4.69, 9.17) is 11.6 Å². The fourth-order valence-electron chi connectivity index (χ4n) is 1.39. The summed E-state index contributed by atoms with van der Waals surface area (Å²) in [7, 11) is 1.95. The number of rotatable bonds is 4. The van der Waals surface area contributed by atoms with Crippen molar-refractivity contribution in [1.29, 1.82) is 0 Å². The lowest BCUT2D eigenvalue weighted by atomic mass is 10.0. The van der Waals surface area contributed by atoms with E-state index >= 15 is 0 Å². The Labute approximate surface area is 85.1 Å². The number of halogens is 1. The third-order valence-corrected chi connectivity index (χ3v) is 2.83. The van der Waals surface area contributed by atoms with Crippen molar-refractivity contribution in [2.75, 3.05) is 13.6 Å². The predicted octanol–water partition coefficient (Wildman–Crippen LogP) is 2.82. The van der Waals surface area contributed by atoms with Crippen LogP contribution in [0.4, 0.5) is 0 Å². The van der Waals surface area contributed by atoms with Gasteiger partial charge in [0.25, 0.3) is 0 Å². The zero-order valence-corrected chi connectivity index (χ0v) is 8.88. The van der Waals surface area contributed by atoms with Crippen molar-refractivity contribution in [1.82, 2.24) is 5.32 Å². The van der Waals surface area contributed by atoms with Crippen LogP contribution in [0.3, 0.4) is 0 Å². The minimum atomic E-state index is 0.105. The van der Waals surface area contributed by atoms with Crippen molar-refractivity contribution >= 4 is 11.6 Å². The van der Waals surface area contributed by atoms with E-state index in [0.717, 1.165) is 6.54 Å². The molecule has 0 aliphatic heterocycles. The van der Waals surface area contributed by atoms with Crippen LogP contribution < -0.4 is 5.32 Å². The Kier molecular flexibility index (Phi) is 4.26. The number of alkyl halides is 1. The van der Waals surface area contributed by atoms with Gasteiger partial charge in [0.15, 0.2) is 0 Å². The van der Waals surface area contributed by atoms with Crippen LogP contribution in [0.2, 0.25) is 0 Å². The highest BCUT2D eigenvalue weighted by atomic mass is 35.5. The van der Waals surface area contributed by atoms with E-state index in [-0.39, 0.29) is 5.38 Å². The first-order valence-electron chi connectivity index (χ1n) is 4.59. The highest BCUT2D eigenvalue weighted by Gasteiger charge is 2.14. The first-order valence-corrected chi connectivity index (χ1v) is 5.03. The summed E-state index contributed by atoms with van der Waals surface area (Å²) >= 11 is 6.30. The Bertz CT molecular complexity index is 235. The largest absolute Gasteiger partial charge is 0.319 e. The van der Waals surface area contributed by atoms with E-state index in [2.05, 4.69) is 24.4 Å². The van der Waals surface area contributed by atoms with E-state index in [0.29, 0.717) is 5.92 Å². The van der Waals surface area contributed by atoms with Gasteiger partial charge in [0.1, 0.15) is 0 Å². The molecule has 1 aromatic carbocycles. The van der Waals surface area contributed by atoms with E-state index in [1.54, 1.807) is 0 Å². The zero-order chi connectivity index (χ0) is 9.68. The van der Waals surface area contributed by atoms with Gasteiger partial charge in [0.2, 0.25) is 0 Å². The molecule has 0 amide bonds. The first-order chi connectivity index (χ1) is 6.25. The van der Waals surface area contributed by atoms with Crippen molar-refractivity contribution in [2.24, 2.45) is 5.92 Å². The molecule has 2 unspecified atom stereocenters. The number of hydrogen-bond donors (Lipinski definition) is 1. The molecule has 1 rings (SSSR count). The summed E-state index contributed by atoms with van der Waals surface area (Å²) in [4.78, 5) is 0. The lowest BCUT2D eigenvalue weighted by Gasteiger charge is -2.17. The Morgan fingerprint density at radius 1 is 1.31 bits per heavy atom. The summed E-state index contributed by atoms with van der Waals surface area (Å²) in [5.74, 6) is 0.453. The topological polar surface area (TPSA) is 12.0 Å². The second-order valence-electron chi connectivity index (χ2n) is 3.35. The normalized spacial score (nSPS) is 15.3. The van der Waals surface area contributed by atoms with Crippen molar-refractivity contribution in [2.45, 2.75) is 12.3 Å². The average molecular weight is 198 g/mol. The molecular formula is C11H16ClN. The molecule has 0 radical (unpaired) electrons. The van der Waals surface area contributed by atoms with Crippen LogP contribution in [0.25, 0.3) is 0 Å². The molecule has 13 heavy (non-hydrogen) atoms. The van der Waals surface area contributed by atoms with Gasteiger partial charge in [-0.25, -0.2) is 0 Å². The van der Waals surface area contributed by atoms with Gasteiger partial charge in [-0.3, -0.25) is 0 Å². The van der Waals surface area contributed by atoms with Gasteiger partial charge in [-0.2, -0.15) is 0 Å². The van der Waals surface area contributed by atoms with Crippen LogP contribution in [-0.4, -0.2) is 13.6 Å². The van der Waals surface area contributed by atoms with Gasteiger partial charge < -0.3 is 5.32 Å². The minimum Gasteiger partial charge on any atom is -0.319 e. The Balaban J connectivity index is 2.62. The van der Waals surface area contributed by atoms with Gasteiger partial charge in [-0.1, -0.05) is 37.3 Å². The molecule has 0 saturated heterocycles. The standard InChI is InChI=1S/C11H16ClN/c1-9(8-13-2)11(12)10-6-4-3-5-7-10/h3-7,9,11,13H,8H2,1-2H3. The maximum Gasteiger partial charge on any atom is 0.0622 e. The van der Waals surface area contributed by atoms with Crippen LogP contribution in [0.15, 0.2) is 30.3 Å². The van der Waals surface area contributed by atoms with Crippen LogP contribution in [-0.2, 0) is 0 Å². The van der Waals surface area contributed by atoms with Crippen molar-refractivity contribution in [3.63, 3.8) is 0 Å². The zero-order valence-electron chi connectivity index (χ0n) is 8.13. The summed E-state index contributed by atoms with van der Waals surface area (Å²) in [5.41, 5.74) is 1.20. The Hall–Kier alpha value is -0.530. The van der Waals surface area contributed by atoms with Crippen LogP contribution in [0.1, 0.15) is 17.9 Å². The summed E-state index contributed by atoms with van der Waals surface area (Å²) in [5, 5.41) is 3.24. The second-order valence-corrected chi connectivity index (χ2v) is 3.82. The molecule has 0 aliphatic carbocycles.